The molecule has 0 aliphatic carbocycles. The van der Waals surface area contributed by atoms with Gasteiger partial charge in [-0.05, 0) is 63.1 Å². The van der Waals surface area contributed by atoms with E-state index in [1.165, 1.54) is 12.3 Å². The summed E-state index contributed by atoms with van der Waals surface area (Å²) in [6.07, 6.45) is 6.80. The number of halogens is 2. The zero-order chi connectivity index (χ0) is 29.8. The zero-order valence-electron chi connectivity index (χ0n) is 23.5. The smallest absolute Gasteiger partial charge is 0.333 e. The molecule has 4 aromatic rings. The topological polar surface area (TPSA) is 121 Å². The number of benzene rings is 2. The van der Waals surface area contributed by atoms with Crippen LogP contribution < -0.4 is 14.4 Å². The lowest BCUT2D eigenvalue weighted by Crippen LogP contribution is -2.48. The Balaban J connectivity index is 1.33. The van der Waals surface area contributed by atoms with Crippen LogP contribution in [0.4, 0.5) is 14.6 Å². The van der Waals surface area contributed by atoms with Crippen LogP contribution in [-0.4, -0.2) is 77.2 Å². The largest absolute Gasteiger partial charge is 0.461 e. The maximum atomic E-state index is 16.5. The van der Waals surface area contributed by atoms with Gasteiger partial charge in [0.1, 0.15) is 29.5 Å². The molecule has 0 spiro atoms. The SMILES string of the molecule is O=S(=O)(O)NC1CCCN(c2nc(OCC34CCCN3CCC4)nc3c(F)c(-c4cccc5cccc(F)c45)ncc23)C1. The number of nitrogens with one attached hydrogen (secondary N) is 1. The number of nitrogens with zero attached hydrogens (tertiary/aromatic N) is 5. The van der Waals surface area contributed by atoms with Gasteiger partial charge in [-0.2, -0.15) is 23.1 Å². The molecule has 226 valence electrons. The lowest BCUT2D eigenvalue weighted by atomic mass is 9.95. The summed E-state index contributed by atoms with van der Waals surface area (Å²) in [5.74, 6) is -0.853. The number of fused-ring (bicyclic) bond motifs is 3. The standard InChI is InChI=1S/C30H32F2N6O4S/c31-23-10-2-7-19-6-1-9-21(24(19)23)26-25(32)27-22(16-33-26)28(37-13-3-8-20(17-37)36-43(39,40)41)35-29(34-27)42-18-30-11-4-14-38(30)15-5-12-30/h1-2,6-7,9-10,16,20,36H,3-5,8,11-15,17-18H2,(H,39,40,41). The van der Waals surface area contributed by atoms with E-state index in [1.54, 1.807) is 30.3 Å². The fourth-order valence-corrected chi connectivity index (χ4v) is 7.76. The second kappa shape index (κ2) is 10.9. The van der Waals surface area contributed by atoms with Crippen molar-refractivity contribution < 1.29 is 26.5 Å². The molecule has 2 aromatic heterocycles. The minimum Gasteiger partial charge on any atom is -0.461 e. The van der Waals surface area contributed by atoms with Crippen LogP contribution in [0.3, 0.4) is 0 Å². The molecular weight excluding hydrogens is 578 g/mol. The van der Waals surface area contributed by atoms with E-state index in [4.69, 9.17) is 9.72 Å². The summed E-state index contributed by atoms with van der Waals surface area (Å²) in [7, 11) is -4.41. The third-order valence-electron chi connectivity index (χ3n) is 9.07. The second-order valence-corrected chi connectivity index (χ2v) is 12.9. The first-order valence-corrected chi connectivity index (χ1v) is 16.1. The zero-order valence-corrected chi connectivity index (χ0v) is 24.3. The Bertz CT molecular complexity index is 1810. The minimum absolute atomic E-state index is 0.0145. The molecule has 2 N–H and O–H groups in total. The molecule has 2 aromatic carbocycles. The van der Waals surface area contributed by atoms with Crippen molar-refractivity contribution in [3.63, 3.8) is 0 Å². The maximum absolute atomic E-state index is 16.5. The van der Waals surface area contributed by atoms with E-state index < -0.39 is 28.0 Å². The van der Waals surface area contributed by atoms with Gasteiger partial charge in [-0.25, -0.2) is 8.78 Å². The predicted molar refractivity (Wildman–Crippen MR) is 158 cm³/mol. The van der Waals surface area contributed by atoms with Gasteiger partial charge in [0.2, 0.25) is 0 Å². The van der Waals surface area contributed by atoms with Crippen LogP contribution in [0.15, 0.2) is 42.6 Å². The van der Waals surface area contributed by atoms with Crippen molar-refractivity contribution in [3.8, 4) is 17.3 Å². The quantitative estimate of drug-likeness (QED) is 0.292. The molecule has 1 atom stereocenters. The van der Waals surface area contributed by atoms with E-state index in [9.17, 15) is 17.4 Å². The van der Waals surface area contributed by atoms with Crippen LogP contribution in [0.25, 0.3) is 32.9 Å². The summed E-state index contributed by atoms with van der Waals surface area (Å²) in [6.45, 7) is 3.13. The number of pyridine rings is 1. The molecular formula is C30H32F2N6O4S. The summed E-state index contributed by atoms with van der Waals surface area (Å²) in [6, 6.07) is 9.26. The molecule has 13 heteroatoms. The molecule has 3 fully saturated rings. The van der Waals surface area contributed by atoms with Gasteiger partial charge in [-0.3, -0.25) is 14.4 Å². The monoisotopic (exact) mass is 610 g/mol. The van der Waals surface area contributed by atoms with Gasteiger partial charge in [0.25, 0.3) is 0 Å². The Morgan fingerprint density at radius 1 is 1.05 bits per heavy atom. The van der Waals surface area contributed by atoms with E-state index in [1.807, 2.05) is 4.90 Å². The average molecular weight is 611 g/mol. The van der Waals surface area contributed by atoms with E-state index in [2.05, 4.69) is 19.6 Å². The van der Waals surface area contributed by atoms with Crippen LogP contribution in [-0.2, 0) is 10.3 Å². The summed E-state index contributed by atoms with van der Waals surface area (Å²) < 4.78 is 72.4. The molecule has 43 heavy (non-hydrogen) atoms. The van der Waals surface area contributed by atoms with Crippen molar-refractivity contribution in [1.29, 1.82) is 0 Å². The van der Waals surface area contributed by atoms with Gasteiger partial charge < -0.3 is 9.64 Å². The van der Waals surface area contributed by atoms with Gasteiger partial charge in [0, 0.05) is 36.3 Å². The number of anilines is 1. The molecule has 3 aliphatic heterocycles. The Kier molecular flexibility index (Phi) is 7.15. The van der Waals surface area contributed by atoms with Crippen molar-refractivity contribution >= 4 is 37.8 Å². The van der Waals surface area contributed by atoms with Crippen molar-refractivity contribution in [2.24, 2.45) is 0 Å². The Morgan fingerprint density at radius 2 is 1.81 bits per heavy atom. The van der Waals surface area contributed by atoms with Crippen molar-refractivity contribution in [2.75, 3.05) is 37.7 Å². The Labute approximate surface area is 248 Å². The summed E-state index contributed by atoms with van der Waals surface area (Å²) in [5.41, 5.74) is 0.158. The highest BCUT2D eigenvalue weighted by Crippen LogP contribution is 2.40. The molecule has 3 saturated heterocycles. The van der Waals surface area contributed by atoms with Gasteiger partial charge in [0.15, 0.2) is 5.82 Å². The number of hydrogen-bond donors (Lipinski definition) is 2. The molecule has 0 saturated carbocycles. The van der Waals surface area contributed by atoms with Gasteiger partial charge in [0.05, 0.1) is 10.9 Å². The van der Waals surface area contributed by atoms with Crippen molar-refractivity contribution in [3.05, 3.63) is 54.2 Å². The second-order valence-electron chi connectivity index (χ2n) is 11.7. The maximum Gasteiger partial charge on any atom is 0.333 e. The summed E-state index contributed by atoms with van der Waals surface area (Å²) in [5, 5.41) is 1.20. The van der Waals surface area contributed by atoms with Gasteiger partial charge in [-0.1, -0.05) is 30.3 Å². The molecule has 7 rings (SSSR count). The van der Waals surface area contributed by atoms with E-state index in [0.717, 1.165) is 38.8 Å². The van der Waals surface area contributed by atoms with Crippen molar-refractivity contribution in [2.45, 2.75) is 50.1 Å². The molecule has 0 amide bonds. The molecule has 0 radical (unpaired) electrons. The van der Waals surface area contributed by atoms with Crippen LogP contribution in [0.5, 0.6) is 6.01 Å². The first-order valence-electron chi connectivity index (χ1n) is 14.6. The van der Waals surface area contributed by atoms with Gasteiger partial charge >= 0.3 is 16.3 Å². The Morgan fingerprint density at radius 3 is 2.58 bits per heavy atom. The lowest BCUT2D eigenvalue weighted by Gasteiger charge is -2.34. The fourth-order valence-electron chi connectivity index (χ4n) is 7.14. The van der Waals surface area contributed by atoms with E-state index >= 15 is 4.39 Å². The molecule has 10 nitrogen and oxygen atoms in total. The molecule has 0 bridgehead atoms. The van der Waals surface area contributed by atoms with Crippen LogP contribution >= 0.6 is 0 Å². The number of ether oxygens (including phenoxy) is 1. The molecule has 3 aliphatic rings. The van der Waals surface area contributed by atoms with Crippen molar-refractivity contribution in [1.82, 2.24) is 24.6 Å². The first-order chi connectivity index (χ1) is 20.7. The van der Waals surface area contributed by atoms with E-state index in [-0.39, 0.29) is 34.7 Å². The van der Waals surface area contributed by atoms with Crippen LogP contribution in [0.1, 0.15) is 38.5 Å². The third kappa shape index (κ3) is 5.28. The number of aromatic nitrogens is 3. The summed E-state index contributed by atoms with van der Waals surface area (Å²) >= 11 is 0. The molecule has 5 heterocycles. The molecule has 1 unspecified atom stereocenters. The first kappa shape index (κ1) is 28.3. The highest BCUT2D eigenvalue weighted by atomic mass is 32.2. The predicted octanol–water partition coefficient (Wildman–Crippen LogP) is 4.49. The highest BCUT2D eigenvalue weighted by molar-refractivity contribution is 7.83. The lowest BCUT2D eigenvalue weighted by molar-refractivity contribution is 0.108. The summed E-state index contributed by atoms with van der Waals surface area (Å²) in [4.78, 5) is 17.9. The number of piperidine rings is 1. The van der Waals surface area contributed by atoms with Gasteiger partial charge in [-0.15, -0.1) is 0 Å². The normalized spacial score (nSPS) is 20.6. The Hall–Kier alpha value is -3.52. The minimum atomic E-state index is -4.41. The fraction of sp³-hybridized carbons (Fsp3) is 0.433. The average Bonchev–Trinajstić information content (AvgIpc) is 3.56. The van der Waals surface area contributed by atoms with Crippen LogP contribution in [0, 0.1) is 11.6 Å². The number of hydrogen-bond acceptors (Lipinski definition) is 8. The third-order valence-corrected chi connectivity index (χ3v) is 9.70. The van der Waals surface area contributed by atoms with E-state index in [0.29, 0.717) is 48.1 Å². The number of rotatable bonds is 7. The van der Waals surface area contributed by atoms with Crippen LogP contribution in [0.2, 0.25) is 0 Å². The highest BCUT2D eigenvalue weighted by Gasteiger charge is 2.45.